The zero-order chi connectivity index (χ0) is 9.14. The van der Waals surface area contributed by atoms with Crippen LogP contribution in [0.2, 0.25) is 0 Å². The van der Waals surface area contributed by atoms with Crippen molar-refractivity contribution >= 4 is 22.1 Å². The standard InChI is InChI=1S/C9H13NOS/c1-6(2)3-8(11)7-4-9(10)12-5-7/h4-6H,3,10H2,1-2H3. The Bertz CT molecular complexity index is 278. The number of anilines is 1. The third-order valence-corrected chi connectivity index (χ3v) is 2.30. The number of hydrogen-bond acceptors (Lipinski definition) is 3. The van der Waals surface area contributed by atoms with Crippen molar-refractivity contribution in [1.29, 1.82) is 0 Å². The van der Waals surface area contributed by atoms with Crippen LogP contribution in [0.4, 0.5) is 5.00 Å². The number of nitrogens with two attached hydrogens (primary N) is 1. The molecule has 2 N–H and O–H groups in total. The summed E-state index contributed by atoms with van der Waals surface area (Å²) in [6.07, 6.45) is 0.607. The van der Waals surface area contributed by atoms with Crippen LogP contribution in [0.15, 0.2) is 11.4 Å². The highest BCUT2D eigenvalue weighted by Gasteiger charge is 2.09. The van der Waals surface area contributed by atoms with Crippen LogP contribution in [0.3, 0.4) is 0 Å². The molecule has 0 radical (unpaired) electrons. The van der Waals surface area contributed by atoms with Crippen LogP contribution in [0, 0.1) is 5.92 Å². The van der Waals surface area contributed by atoms with Gasteiger partial charge in [0.1, 0.15) is 0 Å². The van der Waals surface area contributed by atoms with Crippen LogP contribution in [0.5, 0.6) is 0 Å². The molecule has 0 fully saturated rings. The molecule has 0 aliphatic rings. The molecule has 3 heteroatoms. The normalized spacial score (nSPS) is 10.6. The first-order valence-electron chi connectivity index (χ1n) is 3.97. The topological polar surface area (TPSA) is 43.1 Å². The Morgan fingerprint density at radius 2 is 2.33 bits per heavy atom. The number of nitrogen functional groups attached to an aromatic ring is 1. The molecule has 66 valence electrons. The van der Waals surface area contributed by atoms with Crippen LogP contribution in [0.25, 0.3) is 0 Å². The van der Waals surface area contributed by atoms with Gasteiger partial charge in [0.25, 0.3) is 0 Å². The van der Waals surface area contributed by atoms with Crippen molar-refractivity contribution in [2.24, 2.45) is 5.92 Å². The van der Waals surface area contributed by atoms with Gasteiger partial charge in [0.05, 0.1) is 5.00 Å². The fourth-order valence-electron chi connectivity index (χ4n) is 0.988. The number of rotatable bonds is 3. The van der Waals surface area contributed by atoms with Crippen molar-refractivity contribution in [2.45, 2.75) is 20.3 Å². The van der Waals surface area contributed by atoms with Gasteiger partial charge in [-0.25, -0.2) is 0 Å². The summed E-state index contributed by atoms with van der Waals surface area (Å²) in [7, 11) is 0. The van der Waals surface area contributed by atoms with Gasteiger partial charge >= 0.3 is 0 Å². The van der Waals surface area contributed by atoms with E-state index in [9.17, 15) is 4.79 Å². The van der Waals surface area contributed by atoms with E-state index in [0.717, 1.165) is 5.56 Å². The van der Waals surface area contributed by atoms with Gasteiger partial charge in [-0.3, -0.25) is 4.79 Å². The quantitative estimate of drug-likeness (QED) is 0.732. The molecule has 1 heterocycles. The predicted molar refractivity (Wildman–Crippen MR) is 52.5 cm³/mol. The summed E-state index contributed by atoms with van der Waals surface area (Å²) in [5.74, 6) is 0.608. The molecule has 0 saturated carbocycles. The van der Waals surface area contributed by atoms with Crippen molar-refractivity contribution in [3.05, 3.63) is 17.0 Å². The molecule has 0 aliphatic heterocycles. The first-order valence-corrected chi connectivity index (χ1v) is 4.84. The fraction of sp³-hybridized carbons (Fsp3) is 0.444. The lowest BCUT2D eigenvalue weighted by molar-refractivity contribution is 0.0968. The van der Waals surface area contributed by atoms with E-state index in [2.05, 4.69) is 0 Å². The smallest absolute Gasteiger partial charge is 0.164 e. The average Bonchev–Trinajstić information content (AvgIpc) is 2.34. The SMILES string of the molecule is CC(C)CC(=O)c1csc(N)c1. The first kappa shape index (κ1) is 9.26. The van der Waals surface area contributed by atoms with Crippen molar-refractivity contribution < 1.29 is 4.79 Å². The van der Waals surface area contributed by atoms with Gasteiger partial charge in [-0.05, 0) is 12.0 Å². The van der Waals surface area contributed by atoms with Crippen LogP contribution in [0.1, 0.15) is 30.6 Å². The highest BCUT2D eigenvalue weighted by molar-refractivity contribution is 7.14. The first-order chi connectivity index (χ1) is 5.59. The minimum atomic E-state index is 0.193. The molecule has 0 saturated heterocycles. The second-order valence-corrected chi connectivity index (χ2v) is 4.20. The maximum Gasteiger partial charge on any atom is 0.164 e. The van der Waals surface area contributed by atoms with E-state index in [0.29, 0.717) is 17.3 Å². The Hall–Kier alpha value is -0.830. The van der Waals surface area contributed by atoms with E-state index < -0.39 is 0 Å². The third-order valence-electron chi connectivity index (χ3n) is 1.54. The van der Waals surface area contributed by atoms with Crippen LogP contribution in [-0.4, -0.2) is 5.78 Å². The number of thiophene rings is 1. The molecule has 0 unspecified atom stereocenters. The maximum absolute atomic E-state index is 11.4. The van der Waals surface area contributed by atoms with Crippen molar-refractivity contribution in [3.8, 4) is 0 Å². The zero-order valence-corrected chi connectivity index (χ0v) is 8.15. The number of ketones is 1. The number of hydrogen-bond donors (Lipinski definition) is 1. The zero-order valence-electron chi connectivity index (χ0n) is 7.33. The summed E-state index contributed by atoms with van der Waals surface area (Å²) in [5.41, 5.74) is 6.27. The molecule has 0 bridgehead atoms. The minimum absolute atomic E-state index is 0.193. The van der Waals surface area contributed by atoms with Crippen LogP contribution >= 0.6 is 11.3 Å². The highest BCUT2D eigenvalue weighted by atomic mass is 32.1. The summed E-state index contributed by atoms with van der Waals surface area (Å²) in [4.78, 5) is 11.4. The second kappa shape index (κ2) is 3.72. The van der Waals surface area contributed by atoms with Crippen molar-refractivity contribution in [3.63, 3.8) is 0 Å². The number of Topliss-reactive ketones (excluding diaryl/α,β-unsaturated/α-hetero) is 1. The largest absolute Gasteiger partial charge is 0.391 e. The van der Waals surface area contributed by atoms with Crippen molar-refractivity contribution in [2.75, 3.05) is 5.73 Å². The molecule has 0 aliphatic carbocycles. The number of carbonyl (C=O) groups excluding carboxylic acids is 1. The molecular formula is C9H13NOS. The average molecular weight is 183 g/mol. The lowest BCUT2D eigenvalue weighted by atomic mass is 10.0. The molecule has 0 amide bonds. The van der Waals surface area contributed by atoms with E-state index in [1.807, 2.05) is 19.2 Å². The molecule has 1 aromatic heterocycles. The molecule has 12 heavy (non-hydrogen) atoms. The van der Waals surface area contributed by atoms with Crippen LogP contribution in [-0.2, 0) is 0 Å². The molecule has 0 spiro atoms. The molecule has 1 rings (SSSR count). The number of carbonyl (C=O) groups is 1. The van der Waals surface area contributed by atoms with Crippen LogP contribution < -0.4 is 5.73 Å². The Labute approximate surface area is 76.4 Å². The lowest BCUT2D eigenvalue weighted by Crippen LogP contribution is -2.01. The third kappa shape index (κ3) is 2.34. The van der Waals surface area contributed by atoms with Gasteiger partial charge in [-0.1, -0.05) is 13.8 Å². The summed E-state index contributed by atoms with van der Waals surface area (Å²) in [6.45, 7) is 4.07. The second-order valence-electron chi connectivity index (χ2n) is 3.26. The lowest BCUT2D eigenvalue weighted by Gasteiger charge is -2.00. The van der Waals surface area contributed by atoms with E-state index >= 15 is 0 Å². The summed E-state index contributed by atoms with van der Waals surface area (Å²) in [6, 6.07) is 1.75. The predicted octanol–water partition coefficient (Wildman–Crippen LogP) is 2.56. The summed E-state index contributed by atoms with van der Waals surface area (Å²) >= 11 is 1.42. The van der Waals surface area contributed by atoms with E-state index in [1.54, 1.807) is 6.07 Å². The van der Waals surface area contributed by atoms with Gasteiger partial charge in [0, 0.05) is 17.4 Å². The molecule has 2 nitrogen and oxygen atoms in total. The minimum Gasteiger partial charge on any atom is -0.391 e. The maximum atomic E-state index is 11.4. The van der Waals surface area contributed by atoms with E-state index in [4.69, 9.17) is 5.73 Å². The summed E-state index contributed by atoms with van der Waals surface area (Å²) in [5, 5.41) is 2.53. The van der Waals surface area contributed by atoms with Gasteiger partial charge in [0.2, 0.25) is 0 Å². The fourth-order valence-corrected chi connectivity index (χ4v) is 1.65. The molecule has 0 atom stereocenters. The Balaban J connectivity index is 2.65. The van der Waals surface area contributed by atoms with E-state index in [1.165, 1.54) is 11.3 Å². The van der Waals surface area contributed by atoms with E-state index in [-0.39, 0.29) is 5.78 Å². The Morgan fingerprint density at radius 1 is 1.67 bits per heavy atom. The molecule has 1 aromatic rings. The summed E-state index contributed by atoms with van der Waals surface area (Å²) < 4.78 is 0. The monoisotopic (exact) mass is 183 g/mol. The molecule has 0 aromatic carbocycles. The van der Waals surface area contributed by atoms with Crippen molar-refractivity contribution in [1.82, 2.24) is 0 Å². The van der Waals surface area contributed by atoms with Gasteiger partial charge < -0.3 is 5.73 Å². The van der Waals surface area contributed by atoms with Gasteiger partial charge in [-0.15, -0.1) is 11.3 Å². The van der Waals surface area contributed by atoms with Gasteiger partial charge in [-0.2, -0.15) is 0 Å². The highest BCUT2D eigenvalue weighted by Crippen LogP contribution is 2.19. The Kier molecular flexibility index (Phi) is 2.87. The Morgan fingerprint density at radius 3 is 2.75 bits per heavy atom. The molecular weight excluding hydrogens is 170 g/mol. The van der Waals surface area contributed by atoms with Gasteiger partial charge in [0.15, 0.2) is 5.78 Å².